The van der Waals surface area contributed by atoms with E-state index in [0.717, 1.165) is 17.7 Å². The van der Waals surface area contributed by atoms with E-state index in [4.69, 9.17) is 5.84 Å². The maximum Gasteiger partial charge on any atom is 0.227 e. The van der Waals surface area contributed by atoms with Crippen molar-refractivity contribution in [1.29, 1.82) is 0 Å². The summed E-state index contributed by atoms with van der Waals surface area (Å²) in [5.41, 5.74) is 5.97. The first-order valence-electron chi connectivity index (χ1n) is 5.70. The first-order valence-corrected chi connectivity index (χ1v) is 5.70. The molecule has 5 nitrogen and oxygen atoms in total. The second-order valence-corrected chi connectivity index (χ2v) is 4.23. The Kier molecular flexibility index (Phi) is 3.42. The van der Waals surface area contributed by atoms with E-state index in [1.807, 2.05) is 26.2 Å². The lowest BCUT2D eigenvalue weighted by atomic mass is 9.98. The fourth-order valence-corrected chi connectivity index (χ4v) is 2.20. The summed E-state index contributed by atoms with van der Waals surface area (Å²) in [5, 5.41) is 3.08. The molecule has 0 fully saturated rings. The van der Waals surface area contributed by atoms with Crippen molar-refractivity contribution >= 4 is 11.6 Å². The van der Waals surface area contributed by atoms with Gasteiger partial charge in [-0.2, -0.15) is 0 Å². The number of rotatable bonds is 3. The third kappa shape index (κ3) is 2.17. The summed E-state index contributed by atoms with van der Waals surface area (Å²) in [4.78, 5) is 13.3. The van der Waals surface area contributed by atoms with E-state index in [2.05, 4.69) is 16.8 Å². The van der Waals surface area contributed by atoms with Crippen LogP contribution >= 0.6 is 0 Å². The van der Waals surface area contributed by atoms with Gasteiger partial charge in [-0.25, -0.2) is 5.43 Å². The van der Waals surface area contributed by atoms with Crippen LogP contribution in [0.15, 0.2) is 18.2 Å². The molecule has 4 N–H and O–H groups in total. The summed E-state index contributed by atoms with van der Waals surface area (Å²) in [6.07, 6.45) is 1.31. The van der Waals surface area contributed by atoms with Crippen LogP contribution in [0.25, 0.3) is 0 Å². The smallest absolute Gasteiger partial charge is 0.227 e. The van der Waals surface area contributed by atoms with E-state index < -0.39 is 0 Å². The molecule has 5 heteroatoms. The number of carbonyl (C=O) groups is 1. The molecule has 0 radical (unpaired) electrons. The number of nitrogens with zero attached hydrogens (tertiary/aromatic N) is 1. The quantitative estimate of drug-likeness (QED) is 0.399. The van der Waals surface area contributed by atoms with Crippen LogP contribution in [0.3, 0.4) is 0 Å². The number of nitrogens with two attached hydrogens (primary N) is 1. The number of carbonyl (C=O) groups excluding carboxylic acids is 1. The minimum atomic E-state index is -0.0664. The average molecular weight is 234 g/mol. The van der Waals surface area contributed by atoms with Crippen LogP contribution in [0.1, 0.15) is 23.7 Å². The number of aryl methyl sites for hydroxylation is 1. The summed E-state index contributed by atoms with van der Waals surface area (Å²) < 4.78 is 0. The average Bonchev–Trinajstić information content (AvgIpc) is 2.35. The van der Waals surface area contributed by atoms with Crippen molar-refractivity contribution in [2.45, 2.75) is 19.0 Å². The van der Waals surface area contributed by atoms with Gasteiger partial charge in [0.2, 0.25) is 5.91 Å². The number of benzene rings is 1. The predicted octanol–water partition coefficient (Wildman–Crippen LogP) is 0.277. The molecule has 0 spiro atoms. The second kappa shape index (κ2) is 4.83. The highest BCUT2D eigenvalue weighted by molar-refractivity contribution is 5.95. The van der Waals surface area contributed by atoms with Crippen molar-refractivity contribution in [2.75, 3.05) is 19.0 Å². The molecule has 1 aliphatic heterocycles. The molecule has 1 atom stereocenters. The van der Waals surface area contributed by atoms with Gasteiger partial charge < -0.3 is 10.2 Å². The molecule has 1 amide bonds. The highest BCUT2D eigenvalue weighted by atomic mass is 16.2. The summed E-state index contributed by atoms with van der Waals surface area (Å²) >= 11 is 0. The van der Waals surface area contributed by atoms with E-state index >= 15 is 0 Å². The predicted molar refractivity (Wildman–Crippen MR) is 67.3 cm³/mol. The minimum Gasteiger partial charge on any atom is -0.315 e. The summed E-state index contributed by atoms with van der Waals surface area (Å²) in [7, 11) is 3.66. The first-order chi connectivity index (χ1) is 8.17. The van der Waals surface area contributed by atoms with Gasteiger partial charge in [-0.3, -0.25) is 10.6 Å². The second-order valence-electron chi connectivity index (χ2n) is 4.23. The van der Waals surface area contributed by atoms with Gasteiger partial charge in [-0.05, 0) is 30.7 Å². The molecule has 0 aliphatic carbocycles. The number of hydrogen-bond donors (Lipinski definition) is 3. The number of hydrogen-bond acceptors (Lipinski definition) is 4. The van der Waals surface area contributed by atoms with Gasteiger partial charge in [-0.1, -0.05) is 12.1 Å². The summed E-state index contributed by atoms with van der Waals surface area (Å²) in [6, 6.07) is 6.05. The fraction of sp³-hybridized carbons (Fsp3) is 0.417. The Morgan fingerprint density at radius 2 is 2.18 bits per heavy atom. The lowest BCUT2D eigenvalue weighted by molar-refractivity contribution is -0.118. The van der Waals surface area contributed by atoms with Crippen LogP contribution in [0, 0.1) is 0 Å². The van der Waals surface area contributed by atoms with Crippen molar-refractivity contribution in [1.82, 2.24) is 10.7 Å². The summed E-state index contributed by atoms with van der Waals surface area (Å²) in [5.74, 6) is 5.64. The molecule has 2 rings (SSSR count). The number of hydrazine groups is 1. The van der Waals surface area contributed by atoms with Crippen molar-refractivity contribution in [3.05, 3.63) is 29.3 Å². The molecular weight excluding hydrogens is 216 g/mol. The molecule has 0 saturated heterocycles. The molecule has 1 aromatic carbocycles. The number of anilines is 1. The monoisotopic (exact) mass is 234 g/mol. The Bertz CT molecular complexity index is 429. The lowest BCUT2D eigenvalue weighted by Gasteiger charge is -2.27. The molecular formula is C12H18N4O. The van der Waals surface area contributed by atoms with Crippen LogP contribution in [0.2, 0.25) is 0 Å². The van der Waals surface area contributed by atoms with Gasteiger partial charge in [0.05, 0.1) is 6.17 Å². The Balaban J connectivity index is 2.35. The number of nitrogens with one attached hydrogen (secondary N) is 2. The molecule has 17 heavy (non-hydrogen) atoms. The van der Waals surface area contributed by atoms with Crippen LogP contribution in [-0.2, 0) is 11.2 Å². The number of amides is 1. The highest BCUT2D eigenvalue weighted by Gasteiger charge is 2.21. The Morgan fingerprint density at radius 1 is 1.41 bits per heavy atom. The first kappa shape index (κ1) is 12.0. The van der Waals surface area contributed by atoms with Crippen LogP contribution in [0.4, 0.5) is 5.69 Å². The molecule has 1 heterocycles. The van der Waals surface area contributed by atoms with E-state index in [1.165, 1.54) is 5.56 Å². The minimum absolute atomic E-state index is 0.0664. The zero-order chi connectivity index (χ0) is 12.4. The maximum absolute atomic E-state index is 11.6. The van der Waals surface area contributed by atoms with Crippen molar-refractivity contribution < 1.29 is 4.79 Å². The van der Waals surface area contributed by atoms with Gasteiger partial charge in [0.1, 0.15) is 0 Å². The maximum atomic E-state index is 11.6. The van der Waals surface area contributed by atoms with Crippen LogP contribution < -0.4 is 21.5 Å². The molecule has 92 valence electrons. The van der Waals surface area contributed by atoms with Gasteiger partial charge in [0.25, 0.3) is 0 Å². The molecule has 1 aliphatic rings. The van der Waals surface area contributed by atoms with Gasteiger partial charge in [0.15, 0.2) is 0 Å². The SMILES string of the molecule is CNC(NN)c1ccc2c(c1)CCC(=O)N2C. The molecule has 0 bridgehead atoms. The fourth-order valence-electron chi connectivity index (χ4n) is 2.20. The van der Waals surface area contributed by atoms with E-state index in [9.17, 15) is 4.79 Å². The molecule has 1 unspecified atom stereocenters. The summed E-state index contributed by atoms with van der Waals surface area (Å²) in [6.45, 7) is 0. The third-order valence-corrected chi connectivity index (χ3v) is 3.24. The van der Waals surface area contributed by atoms with Crippen LogP contribution in [0.5, 0.6) is 0 Å². The Hall–Kier alpha value is -1.43. The topological polar surface area (TPSA) is 70.4 Å². The van der Waals surface area contributed by atoms with Crippen molar-refractivity contribution in [3.8, 4) is 0 Å². The van der Waals surface area contributed by atoms with Crippen molar-refractivity contribution in [3.63, 3.8) is 0 Å². The van der Waals surface area contributed by atoms with Crippen LogP contribution in [-0.4, -0.2) is 20.0 Å². The van der Waals surface area contributed by atoms with Gasteiger partial charge in [0, 0.05) is 19.2 Å². The van der Waals surface area contributed by atoms with Gasteiger partial charge in [-0.15, -0.1) is 0 Å². The zero-order valence-corrected chi connectivity index (χ0v) is 10.2. The lowest BCUT2D eigenvalue weighted by Crippen LogP contribution is -2.37. The highest BCUT2D eigenvalue weighted by Crippen LogP contribution is 2.28. The Morgan fingerprint density at radius 3 is 2.82 bits per heavy atom. The number of fused-ring (bicyclic) bond motifs is 1. The van der Waals surface area contributed by atoms with E-state index in [0.29, 0.717) is 6.42 Å². The normalized spacial score (nSPS) is 16.9. The third-order valence-electron chi connectivity index (χ3n) is 3.24. The Labute approximate surface area is 101 Å². The zero-order valence-electron chi connectivity index (χ0n) is 10.2. The van der Waals surface area contributed by atoms with Crippen molar-refractivity contribution in [2.24, 2.45) is 5.84 Å². The largest absolute Gasteiger partial charge is 0.315 e. The molecule has 0 aromatic heterocycles. The standard InChI is InChI=1S/C12H18N4O/c1-14-12(15-13)9-3-5-10-8(7-9)4-6-11(17)16(10)2/h3,5,7,12,14-15H,4,6,13H2,1-2H3. The molecule has 1 aromatic rings. The van der Waals surface area contributed by atoms with E-state index in [-0.39, 0.29) is 12.1 Å². The van der Waals surface area contributed by atoms with E-state index in [1.54, 1.807) is 4.90 Å². The van der Waals surface area contributed by atoms with Gasteiger partial charge >= 0.3 is 0 Å². The molecule has 0 saturated carbocycles.